The summed E-state index contributed by atoms with van der Waals surface area (Å²) in [6, 6.07) is 4.05. The van der Waals surface area contributed by atoms with E-state index in [1.165, 1.54) is 0 Å². The summed E-state index contributed by atoms with van der Waals surface area (Å²) in [6.45, 7) is 3.01. The molecule has 3 nitrogen and oxygen atoms in total. The molecule has 1 aliphatic heterocycles. The third-order valence-electron chi connectivity index (χ3n) is 2.64. The first-order valence-electron chi connectivity index (χ1n) is 5.25. The van der Waals surface area contributed by atoms with Crippen LogP contribution in [0.4, 0.5) is 5.69 Å². The molecule has 82 valence electrons. The number of hydrogen-bond acceptors (Lipinski definition) is 3. The Morgan fingerprint density at radius 2 is 2.53 bits per heavy atom. The smallest absolute Gasteiger partial charge is 0.131 e. The highest BCUT2D eigenvalue weighted by Crippen LogP contribution is 2.19. The van der Waals surface area contributed by atoms with E-state index in [0.717, 1.165) is 25.1 Å². The van der Waals surface area contributed by atoms with Crippen molar-refractivity contribution in [1.82, 2.24) is 4.98 Å². The molecule has 0 aliphatic carbocycles. The van der Waals surface area contributed by atoms with Crippen molar-refractivity contribution in [2.75, 3.05) is 11.9 Å². The van der Waals surface area contributed by atoms with Gasteiger partial charge in [-0.2, -0.15) is 0 Å². The van der Waals surface area contributed by atoms with Crippen molar-refractivity contribution in [3.8, 4) is 0 Å². The molecule has 1 fully saturated rings. The minimum atomic E-state index is 0.311. The normalized spacial score (nSPS) is 22.7. The van der Waals surface area contributed by atoms with E-state index in [1.807, 2.05) is 12.1 Å². The minimum absolute atomic E-state index is 0.311. The topological polar surface area (TPSA) is 34.2 Å². The van der Waals surface area contributed by atoms with Crippen molar-refractivity contribution < 1.29 is 4.74 Å². The fraction of sp³-hybridized carbons (Fsp3) is 0.545. The molecule has 0 bridgehead atoms. The first-order chi connectivity index (χ1) is 7.25. The monoisotopic (exact) mass is 226 g/mol. The second-order valence-electron chi connectivity index (χ2n) is 3.85. The molecule has 4 heteroatoms. The van der Waals surface area contributed by atoms with E-state index in [-0.39, 0.29) is 0 Å². The molecular formula is C11H15ClN2O. The third-order valence-corrected chi connectivity index (χ3v) is 2.85. The van der Waals surface area contributed by atoms with Gasteiger partial charge < -0.3 is 10.1 Å². The van der Waals surface area contributed by atoms with Crippen LogP contribution in [0.15, 0.2) is 18.3 Å². The second kappa shape index (κ2) is 4.81. The number of halogens is 1. The van der Waals surface area contributed by atoms with E-state index >= 15 is 0 Å². The molecule has 15 heavy (non-hydrogen) atoms. The number of nitrogens with one attached hydrogen (secondary N) is 1. The molecule has 1 aromatic heterocycles. The van der Waals surface area contributed by atoms with Gasteiger partial charge in [0, 0.05) is 24.5 Å². The highest BCUT2D eigenvalue weighted by atomic mass is 35.5. The lowest BCUT2D eigenvalue weighted by molar-refractivity contribution is 0.0996. The summed E-state index contributed by atoms with van der Waals surface area (Å²) in [7, 11) is 0. The molecule has 2 heterocycles. The number of rotatable bonds is 3. The quantitative estimate of drug-likeness (QED) is 0.805. The van der Waals surface area contributed by atoms with Crippen LogP contribution in [0.3, 0.4) is 0 Å². The van der Waals surface area contributed by atoms with Crippen LogP contribution in [-0.4, -0.2) is 23.7 Å². The Labute approximate surface area is 94.8 Å². The average Bonchev–Trinajstić information content (AvgIpc) is 2.70. The van der Waals surface area contributed by atoms with Gasteiger partial charge in [0.25, 0.3) is 0 Å². The number of pyridine rings is 1. The number of hydrogen-bond donors (Lipinski definition) is 1. The summed E-state index contributed by atoms with van der Waals surface area (Å²) < 4.78 is 5.61. The first kappa shape index (κ1) is 10.7. The van der Waals surface area contributed by atoms with Gasteiger partial charge in [-0.15, -0.1) is 0 Å². The first-order valence-corrected chi connectivity index (χ1v) is 5.63. The molecule has 2 unspecified atom stereocenters. The Bertz CT molecular complexity index is 326. The molecular weight excluding hydrogens is 212 g/mol. The maximum atomic E-state index is 5.81. The SMILES string of the molecule is CC(Nc1ccnc(Cl)c1)C1CCCO1. The predicted molar refractivity (Wildman–Crippen MR) is 61.3 cm³/mol. The highest BCUT2D eigenvalue weighted by Gasteiger charge is 2.21. The Kier molecular flexibility index (Phi) is 3.44. The van der Waals surface area contributed by atoms with Gasteiger partial charge in [0.2, 0.25) is 0 Å². The summed E-state index contributed by atoms with van der Waals surface area (Å²) in [4.78, 5) is 3.94. The molecule has 0 radical (unpaired) electrons. The van der Waals surface area contributed by atoms with Gasteiger partial charge in [0.05, 0.1) is 6.10 Å². The van der Waals surface area contributed by atoms with Gasteiger partial charge in [-0.1, -0.05) is 11.6 Å². The Morgan fingerprint density at radius 3 is 3.20 bits per heavy atom. The highest BCUT2D eigenvalue weighted by molar-refractivity contribution is 6.29. The molecule has 1 aromatic rings. The molecule has 1 saturated heterocycles. The van der Waals surface area contributed by atoms with E-state index in [9.17, 15) is 0 Å². The zero-order valence-corrected chi connectivity index (χ0v) is 9.50. The average molecular weight is 227 g/mol. The molecule has 1 aliphatic rings. The fourth-order valence-electron chi connectivity index (χ4n) is 1.84. The summed E-state index contributed by atoms with van der Waals surface area (Å²) in [5.41, 5.74) is 0.998. The van der Waals surface area contributed by atoms with Crippen LogP contribution >= 0.6 is 11.6 Å². The Hall–Kier alpha value is -0.800. The zero-order chi connectivity index (χ0) is 10.7. The van der Waals surface area contributed by atoms with Gasteiger partial charge in [0.15, 0.2) is 0 Å². The lowest BCUT2D eigenvalue weighted by atomic mass is 10.1. The van der Waals surface area contributed by atoms with Crippen LogP contribution in [0.1, 0.15) is 19.8 Å². The number of aromatic nitrogens is 1. The maximum Gasteiger partial charge on any atom is 0.131 e. The van der Waals surface area contributed by atoms with Crippen LogP contribution < -0.4 is 5.32 Å². The van der Waals surface area contributed by atoms with Crippen molar-refractivity contribution in [2.24, 2.45) is 0 Å². The van der Waals surface area contributed by atoms with E-state index in [0.29, 0.717) is 17.3 Å². The lowest BCUT2D eigenvalue weighted by Crippen LogP contribution is -2.29. The van der Waals surface area contributed by atoms with Gasteiger partial charge in [0.1, 0.15) is 5.15 Å². The Morgan fingerprint density at radius 1 is 1.67 bits per heavy atom. The van der Waals surface area contributed by atoms with Crippen LogP contribution in [0, 0.1) is 0 Å². The van der Waals surface area contributed by atoms with E-state index < -0.39 is 0 Å². The Balaban J connectivity index is 1.95. The number of ether oxygens (including phenoxy) is 1. The lowest BCUT2D eigenvalue weighted by Gasteiger charge is -2.21. The summed E-state index contributed by atoms with van der Waals surface area (Å²) in [6.07, 6.45) is 4.31. The van der Waals surface area contributed by atoms with Crippen molar-refractivity contribution >= 4 is 17.3 Å². The second-order valence-corrected chi connectivity index (χ2v) is 4.24. The molecule has 1 N–H and O–H groups in total. The van der Waals surface area contributed by atoms with Crippen molar-refractivity contribution in [3.05, 3.63) is 23.5 Å². The summed E-state index contributed by atoms with van der Waals surface area (Å²) in [5, 5.41) is 3.89. The third kappa shape index (κ3) is 2.83. The summed E-state index contributed by atoms with van der Waals surface area (Å²) in [5.74, 6) is 0. The van der Waals surface area contributed by atoms with Gasteiger partial charge >= 0.3 is 0 Å². The zero-order valence-electron chi connectivity index (χ0n) is 8.74. The van der Waals surface area contributed by atoms with Crippen LogP contribution in [0.2, 0.25) is 5.15 Å². The standard InChI is InChI=1S/C11H15ClN2O/c1-8(10-3-2-6-15-10)14-9-4-5-13-11(12)7-9/h4-5,7-8,10H,2-3,6H2,1H3,(H,13,14). The minimum Gasteiger partial charge on any atom is -0.380 e. The summed E-state index contributed by atoms with van der Waals surface area (Å²) >= 11 is 5.81. The molecule has 2 rings (SSSR count). The largest absolute Gasteiger partial charge is 0.380 e. The van der Waals surface area contributed by atoms with E-state index in [4.69, 9.17) is 16.3 Å². The maximum absolute atomic E-state index is 5.81. The fourth-order valence-corrected chi connectivity index (χ4v) is 2.02. The number of anilines is 1. The van der Waals surface area contributed by atoms with Crippen LogP contribution in [-0.2, 0) is 4.74 Å². The van der Waals surface area contributed by atoms with Crippen molar-refractivity contribution in [3.63, 3.8) is 0 Å². The molecule has 0 spiro atoms. The predicted octanol–water partition coefficient (Wildman–Crippen LogP) is 2.71. The number of nitrogens with zero attached hydrogens (tertiary/aromatic N) is 1. The van der Waals surface area contributed by atoms with E-state index in [2.05, 4.69) is 17.2 Å². The van der Waals surface area contributed by atoms with Crippen LogP contribution in [0.25, 0.3) is 0 Å². The molecule has 0 aromatic carbocycles. The molecule has 0 saturated carbocycles. The van der Waals surface area contributed by atoms with Crippen molar-refractivity contribution in [2.45, 2.75) is 31.9 Å². The molecule has 0 amide bonds. The van der Waals surface area contributed by atoms with E-state index in [1.54, 1.807) is 6.20 Å². The van der Waals surface area contributed by atoms with Crippen molar-refractivity contribution in [1.29, 1.82) is 0 Å². The van der Waals surface area contributed by atoms with Crippen LogP contribution in [0.5, 0.6) is 0 Å². The molecule has 2 atom stereocenters. The van der Waals surface area contributed by atoms with Gasteiger partial charge in [-0.25, -0.2) is 4.98 Å². The van der Waals surface area contributed by atoms with Gasteiger partial charge in [-0.3, -0.25) is 0 Å². The van der Waals surface area contributed by atoms with Gasteiger partial charge in [-0.05, 0) is 31.9 Å².